The summed E-state index contributed by atoms with van der Waals surface area (Å²) in [4.78, 5) is 10.4. The normalized spacial score (nSPS) is 16.2. The fraction of sp³-hybridized carbons (Fsp3) is 0.909. The molecule has 0 spiro atoms. The van der Waals surface area contributed by atoms with Crippen LogP contribution in [0.3, 0.4) is 0 Å². The first-order chi connectivity index (χ1) is 13.5. The summed E-state index contributed by atoms with van der Waals surface area (Å²) in [6.07, 6.45) is -7.93. The Bertz CT molecular complexity index is 717. The van der Waals surface area contributed by atoms with Gasteiger partial charge in [-0.1, -0.05) is 0 Å². The van der Waals surface area contributed by atoms with Gasteiger partial charge in [0.05, 0.1) is 7.11 Å². The van der Waals surface area contributed by atoms with Gasteiger partial charge in [-0.3, -0.25) is 0 Å². The molecule has 0 aromatic heterocycles. The molecule has 0 aromatic rings. The van der Waals surface area contributed by atoms with Gasteiger partial charge in [-0.05, 0) is 0 Å². The maximum absolute atomic E-state index is 13.3. The van der Waals surface area contributed by atoms with E-state index in [1.54, 1.807) is 0 Å². The van der Waals surface area contributed by atoms with E-state index in [2.05, 4.69) is 4.74 Å². The Morgan fingerprint density at radius 2 is 0.656 bits per heavy atom. The average Bonchev–Trinajstić information content (AvgIpc) is 2.58. The van der Waals surface area contributed by atoms with Gasteiger partial charge in [0.2, 0.25) is 0 Å². The molecule has 0 heterocycles. The molecule has 0 fully saturated rings. The lowest BCUT2D eigenvalue weighted by Crippen LogP contribution is -2.76. The van der Waals surface area contributed by atoms with Gasteiger partial charge in [0.15, 0.2) is 0 Å². The zero-order valence-electron chi connectivity index (χ0n) is 14.0. The molecule has 0 aliphatic heterocycles. The molecule has 0 saturated heterocycles. The van der Waals surface area contributed by atoms with Crippen LogP contribution in [-0.4, -0.2) is 66.6 Å². The van der Waals surface area contributed by atoms with E-state index in [4.69, 9.17) is 0 Å². The molecule has 0 saturated carbocycles. The van der Waals surface area contributed by atoms with E-state index in [0.717, 1.165) is 0 Å². The van der Waals surface area contributed by atoms with E-state index in [-0.39, 0.29) is 7.11 Å². The van der Waals surface area contributed by atoms with Crippen molar-refractivity contribution in [1.82, 2.24) is 0 Å². The topological polar surface area (TPSA) is 26.3 Å². The largest absolute Gasteiger partial charge is 0.464 e. The summed E-state index contributed by atoms with van der Waals surface area (Å²) in [5, 5.41) is 0. The summed E-state index contributed by atoms with van der Waals surface area (Å²) < 4.78 is 247. The van der Waals surface area contributed by atoms with Gasteiger partial charge in [-0.2, -0.15) is 83.4 Å². The van der Waals surface area contributed by atoms with Crippen molar-refractivity contribution in [2.45, 2.75) is 53.6 Å². The highest BCUT2D eigenvalue weighted by Crippen LogP contribution is 2.65. The molecule has 32 heavy (non-hydrogen) atoms. The van der Waals surface area contributed by atoms with Crippen molar-refractivity contribution in [3.05, 3.63) is 0 Å². The maximum Gasteiger partial charge on any atom is 0.460 e. The van der Waals surface area contributed by atoms with Crippen LogP contribution in [0.4, 0.5) is 83.4 Å². The van der Waals surface area contributed by atoms with Gasteiger partial charge in [0, 0.05) is 0 Å². The van der Waals surface area contributed by atoms with Gasteiger partial charge in [0.25, 0.3) is 0 Å². The highest BCUT2D eigenvalue weighted by atomic mass is 19.4. The van der Waals surface area contributed by atoms with Gasteiger partial charge in [-0.15, -0.1) is 0 Å². The summed E-state index contributed by atoms with van der Waals surface area (Å²) >= 11 is 0. The van der Waals surface area contributed by atoms with Crippen LogP contribution in [0.5, 0.6) is 0 Å². The third kappa shape index (κ3) is 3.39. The summed E-state index contributed by atoms with van der Waals surface area (Å²) in [6, 6.07) is 0. The molecule has 0 aliphatic carbocycles. The second-order valence-corrected chi connectivity index (χ2v) is 5.58. The van der Waals surface area contributed by atoms with Crippen molar-refractivity contribution < 1.29 is 92.9 Å². The Hall–Kier alpha value is -1.86. The summed E-state index contributed by atoms with van der Waals surface area (Å²) in [5.41, 5.74) is 0. The third-order valence-corrected chi connectivity index (χ3v) is 3.56. The number of esters is 1. The molecule has 0 amide bonds. The highest BCUT2D eigenvalue weighted by molar-refractivity contribution is 5.79. The number of hydrogen-bond donors (Lipinski definition) is 0. The van der Waals surface area contributed by atoms with Crippen LogP contribution >= 0.6 is 0 Å². The van der Waals surface area contributed by atoms with Crippen LogP contribution < -0.4 is 0 Å². The Morgan fingerprint density at radius 3 is 0.875 bits per heavy atom. The van der Waals surface area contributed by atoms with Crippen LogP contribution in [0.1, 0.15) is 0 Å². The van der Waals surface area contributed by atoms with E-state index in [1.165, 1.54) is 0 Å². The van der Waals surface area contributed by atoms with Crippen LogP contribution in [0.25, 0.3) is 0 Å². The van der Waals surface area contributed by atoms with Crippen LogP contribution in [-0.2, 0) is 9.53 Å². The second-order valence-electron chi connectivity index (χ2n) is 5.58. The molecule has 192 valence electrons. The summed E-state index contributed by atoms with van der Waals surface area (Å²) in [5.74, 6) is -72.1. The fourth-order valence-electron chi connectivity index (χ4n) is 1.62. The lowest BCUT2D eigenvalue weighted by molar-refractivity contribution is -0.467. The first-order valence-electron chi connectivity index (χ1n) is 6.66. The maximum atomic E-state index is 13.3. The molecule has 0 bridgehead atoms. The zero-order valence-corrected chi connectivity index (χ0v) is 14.0. The van der Waals surface area contributed by atoms with Crippen LogP contribution in [0.15, 0.2) is 0 Å². The Kier molecular flexibility index (Phi) is 6.90. The van der Waals surface area contributed by atoms with Gasteiger partial charge >= 0.3 is 59.5 Å². The van der Waals surface area contributed by atoms with Crippen molar-refractivity contribution in [1.29, 1.82) is 0 Å². The van der Waals surface area contributed by atoms with Crippen molar-refractivity contribution in [3.63, 3.8) is 0 Å². The average molecular weight is 528 g/mol. The number of carbonyl (C=O) groups excluding carboxylic acids is 1. The monoisotopic (exact) mass is 528 g/mol. The Balaban J connectivity index is 6.96. The number of halogens is 19. The third-order valence-electron chi connectivity index (χ3n) is 3.56. The molecular formula is C11H3F19O2. The molecule has 0 unspecified atom stereocenters. The van der Waals surface area contributed by atoms with Crippen LogP contribution in [0, 0.1) is 0 Å². The minimum absolute atomic E-state index is 0.300. The molecule has 0 aromatic carbocycles. The Labute approximate surface area is 161 Å². The van der Waals surface area contributed by atoms with E-state index >= 15 is 0 Å². The predicted octanol–water partition coefficient (Wildman–Crippen LogP) is 5.80. The standard InChI is InChI=1S/C11H3F19O2/c1-32-2(31)3(12,13)4(14,15)5(16,17)6(18,19)7(20,21)8(22,23)9(24,25)10(26,27)11(28,29)30/h1H3. The summed E-state index contributed by atoms with van der Waals surface area (Å²) in [6.45, 7) is 0. The first kappa shape index (κ1) is 30.1. The molecule has 0 rings (SSSR count). The molecule has 0 aliphatic rings. The molecule has 0 radical (unpaired) electrons. The second kappa shape index (κ2) is 7.32. The fourth-order valence-corrected chi connectivity index (χ4v) is 1.62. The lowest BCUT2D eigenvalue weighted by Gasteiger charge is -2.43. The zero-order chi connectivity index (χ0) is 26.8. The number of alkyl halides is 19. The van der Waals surface area contributed by atoms with E-state index in [1.807, 2.05) is 0 Å². The first-order valence-corrected chi connectivity index (χ1v) is 6.66. The lowest BCUT2D eigenvalue weighted by atomic mass is 9.87. The molecule has 21 heteroatoms. The predicted molar refractivity (Wildman–Crippen MR) is 57.6 cm³/mol. The number of methoxy groups -OCH3 is 1. The molecule has 0 atom stereocenters. The van der Waals surface area contributed by atoms with Crippen LogP contribution in [0.2, 0.25) is 0 Å². The smallest absolute Gasteiger partial charge is 0.460 e. The SMILES string of the molecule is COC(=O)C(F)(F)C(F)(F)C(F)(F)C(F)(F)C(F)(F)C(F)(F)C(F)(F)C(F)(F)C(F)(F)F. The number of hydrogen-bond acceptors (Lipinski definition) is 2. The van der Waals surface area contributed by atoms with Gasteiger partial charge < -0.3 is 4.74 Å². The van der Waals surface area contributed by atoms with Crippen molar-refractivity contribution >= 4 is 5.97 Å². The molecule has 2 nitrogen and oxygen atoms in total. The Morgan fingerprint density at radius 1 is 0.438 bits per heavy atom. The van der Waals surface area contributed by atoms with Crippen molar-refractivity contribution in [2.24, 2.45) is 0 Å². The van der Waals surface area contributed by atoms with E-state index in [9.17, 15) is 88.2 Å². The molecule has 0 N–H and O–H groups in total. The summed E-state index contributed by atoms with van der Waals surface area (Å²) in [7, 11) is -0.300. The number of ether oxygens (including phenoxy) is 1. The minimum Gasteiger partial charge on any atom is -0.464 e. The highest BCUT2D eigenvalue weighted by Gasteiger charge is 2.97. The quantitative estimate of drug-likeness (QED) is 0.294. The van der Waals surface area contributed by atoms with E-state index < -0.39 is 59.5 Å². The molecular weight excluding hydrogens is 525 g/mol. The number of rotatable bonds is 8. The van der Waals surface area contributed by atoms with Gasteiger partial charge in [0.1, 0.15) is 0 Å². The van der Waals surface area contributed by atoms with Gasteiger partial charge in [-0.25, -0.2) is 4.79 Å². The minimum atomic E-state index is -9.02. The number of carbonyl (C=O) groups is 1. The van der Waals surface area contributed by atoms with Crippen molar-refractivity contribution in [2.75, 3.05) is 7.11 Å². The van der Waals surface area contributed by atoms with E-state index in [0.29, 0.717) is 0 Å². The van der Waals surface area contributed by atoms with Crippen molar-refractivity contribution in [3.8, 4) is 0 Å².